The minimum absolute atomic E-state index is 0.122. The highest BCUT2D eigenvalue weighted by Gasteiger charge is 2.23. The van der Waals surface area contributed by atoms with Crippen LogP contribution in [0.2, 0.25) is 0 Å². The van der Waals surface area contributed by atoms with E-state index in [1.165, 1.54) is 64.3 Å². The van der Waals surface area contributed by atoms with Crippen molar-refractivity contribution in [2.24, 2.45) is 0 Å². The number of benzene rings is 3. The zero-order valence-corrected chi connectivity index (χ0v) is 15.3. The summed E-state index contributed by atoms with van der Waals surface area (Å²) in [6.07, 6.45) is 1.39. The fourth-order valence-corrected chi connectivity index (χ4v) is 3.04. The zero-order valence-electron chi connectivity index (χ0n) is 15.3. The molecule has 10 heteroatoms. The molecule has 4 rings (SSSR count). The normalized spacial score (nSPS) is 10.7. The van der Waals surface area contributed by atoms with Crippen LogP contribution in [0.3, 0.4) is 0 Å². The number of imidazole rings is 1. The number of carbonyl (C=O) groups excluding carboxylic acids is 1. The van der Waals surface area contributed by atoms with Gasteiger partial charge < -0.3 is 0 Å². The summed E-state index contributed by atoms with van der Waals surface area (Å²) < 4.78 is 1.35. The second kappa shape index (κ2) is 7.43. The summed E-state index contributed by atoms with van der Waals surface area (Å²) in [5, 5.41) is 21.9. The highest BCUT2D eigenvalue weighted by atomic mass is 16.6. The SMILES string of the molecule is O=C(N(c1ccc([N+](=O)[O-])cc1)c1ccc([N+](=O)[O-])cc1)n1cnc2ccccc21. The van der Waals surface area contributed by atoms with Crippen LogP contribution in [0.1, 0.15) is 0 Å². The number of nitro groups is 2. The monoisotopic (exact) mass is 403 g/mol. The standard InChI is InChI=1S/C20H13N5O5/c26-20(22-13-21-18-3-1-2-4-19(18)22)23(14-5-9-16(10-6-14)24(27)28)15-7-11-17(12-8-15)25(29)30/h1-13H. The Morgan fingerprint density at radius 3 is 1.80 bits per heavy atom. The number of carbonyl (C=O) groups is 1. The van der Waals surface area contributed by atoms with Crippen molar-refractivity contribution in [1.82, 2.24) is 9.55 Å². The highest BCUT2D eigenvalue weighted by Crippen LogP contribution is 2.30. The third-order valence-electron chi connectivity index (χ3n) is 4.49. The number of anilines is 2. The van der Waals surface area contributed by atoms with Gasteiger partial charge in [-0.15, -0.1) is 0 Å². The van der Waals surface area contributed by atoms with Crippen molar-refractivity contribution in [1.29, 1.82) is 0 Å². The van der Waals surface area contributed by atoms with E-state index in [9.17, 15) is 25.0 Å². The number of para-hydroxylation sites is 2. The molecule has 0 bridgehead atoms. The number of nitrogens with zero attached hydrogens (tertiary/aromatic N) is 5. The first kappa shape index (κ1) is 18.7. The number of hydrogen-bond donors (Lipinski definition) is 0. The van der Waals surface area contributed by atoms with Crippen molar-refractivity contribution >= 4 is 39.8 Å². The van der Waals surface area contributed by atoms with Crippen LogP contribution in [-0.4, -0.2) is 25.4 Å². The summed E-state index contributed by atoms with van der Waals surface area (Å²) in [7, 11) is 0. The lowest BCUT2D eigenvalue weighted by atomic mass is 10.2. The molecule has 0 saturated heterocycles. The number of hydrogen-bond acceptors (Lipinski definition) is 6. The van der Waals surface area contributed by atoms with E-state index in [0.717, 1.165) is 0 Å². The molecule has 0 aliphatic rings. The lowest BCUT2D eigenvalue weighted by molar-refractivity contribution is -0.385. The fraction of sp³-hybridized carbons (Fsp3) is 0. The molecule has 0 radical (unpaired) electrons. The molecule has 0 aliphatic heterocycles. The molecule has 0 saturated carbocycles. The fourth-order valence-electron chi connectivity index (χ4n) is 3.04. The van der Waals surface area contributed by atoms with Gasteiger partial charge in [0.25, 0.3) is 11.4 Å². The number of amides is 1. The summed E-state index contributed by atoms with van der Waals surface area (Å²) in [5.74, 6) is 0. The van der Waals surface area contributed by atoms with Crippen LogP contribution in [0.15, 0.2) is 79.1 Å². The largest absolute Gasteiger partial charge is 0.339 e. The Morgan fingerprint density at radius 2 is 1.30 bits per heavy atom. The van der Waals surface area contributed by atoms with Crippen molar-refractivity contribution in [3.05, 3.63) is 99.4 Å². The topological polar surface area (TPSA) is 124 Å². The first-order valence-corrected chi connectivity index (χ1v) is 8.71. The van der Waals surface area contributed by atoms with Crippen LogP contribution in [-0.2, 0) is 0 Å². The van der Waals surface area contributed by atoms with Crippen molar-refractivity contribution in [3.63, 3.8) is 0 Å². The maximum Gasteiger partial charge on any atom is 0.339 e. The van der Waals surface area contributed by atoms with E-state index in [4.69, 9.17) is 0 Å². The van der Waals surface area contributed by atoms with Crippen LogP contribution in [0.5, 0.6) is 0 Å². The van der Waals surface area contributed by atoms with Crippen LogP contribution in [0, 0.1) is 20.2 Å². The third kappa shape index (κ3) is 3.33. The van der Waals surface area contributed by atoms with E-state index in [1.807, 2.05) is 0 Å². The molecule has 0 unspecified atom stereocenters. The first-order chi connectivity index (χ1) is 14.5. The summed E-state index contributed by atoms with van der Waals surface area (Å²) in [6, 6.07) is 17.5. The van der Waals surface area contributed by atoms with Gasteiger partial charge >= 0.3 is 6.03 Å². The van der Waals surface area contributed by atoms with Gasteiger partial charge in [0, 0.05) is 24.3 Å². The Kier molecular flexibility index (Phi) is 4.64. The average Bonchev–Trinajstić information content (AvgIpc) is 3.19. The van der Waals surface area contributed by atoms with Gasteiger partial charge in [0.15, 0.2) is 0 Å². The molecule has 0 aliphatic carbocycles. The lowest BCUT2D eigenvalue weighted by Gasteiger charge is -2.23. The average molecular weight is 403 g/mol. The molecule has 0 spiro atoms. The Bertz CT molecular complexity index is 1210. The molecule has 4 aromatic rings. The predicted molar refractivity (Wildman–Crippen MR) is 109 cm³/mol. The smallest absolute Gasteiger partial charge is 0.262 e. The van der Waals surface area contributed by atoms with E-state index in [1.54, 1.807) is 24.3 Å². The van der Waals surface area contributed by atoms with Gasteiger partial charge in [-0.05, 0) is 36.4 Å². The number of aromatic nitrogens is 2. The molecule has 30 heavy (non-hydrogen) atoms. The van der Waals surface area contributed by atoms with E-state index in [-0.39, 0.29) is 11.4 Å². The van der Waals surface area contributed by atoms with E-state index < -0.39 is 15.9 Å². The Hall–Kier alpha value is -4.60. The minimum atomic E-state index is -0.537. The predicted octanol–water partition coefficient (Wildman–Crippen LogP) is 4.66. The summed E-state index contributed by atoms with van der Waals surface area (Å²) in [4.78, 5) is 39.8. The van der Waals surface area contributed by atoms with Gasteiger partial charge in [0.1, 0.15) is 6.33 Å². The quantitative estimate of drug-likeness (QED) is 0.360. The van der Waals surface area contributed by atoms with Gasteiger partial charge in [-0.2, -0.15) is 0 Å². The van der Waals surface area contributed by atoms with Crippen LogP contribution in [0.25, 0.3) is 11.0 Å². The van der Waals surface area contributed by atoms with Gasteiger partial charge in [-0.3, -0.25) is 25.1 Å². The number of nitro benzene ring substituents is 2. The molecule has 0 atom stereocenters. The van der Waals surface area contributed by atoms with E-state index >= 15 is 0 Å². The number of rotatable bonds is 4. The van der Waals surface area contributed by atoms with Gasteiger partial charge in [0.05, 0.1) is 32.3 Å². The Morgan fingerprint density at radius 1 is 0.800 bits per heavy atom. The lowest BCUT2D eigenvalue weighted by Crippen LogP contribution is -2.30. The number of non-ortho nitro benzene ring substituents is 2. The molecule has 1 aromatic heterocycles. The Labute approximate surface area is 168 Å². The maximum atomic E-state index is 13.4. The highest BCUT2D eigenvalue weighted by molar-refractivity contribution is 6.04. The molecule has 0 N–H and O–H groups in total. The summed E-state index contributed by atoms with van der Waals surface area (Å²) >= 11 is 0. The van der Waals surface area contributed by atoms with Crippen molar-refractivity contribution in [2.75, 3.05) is 4.90 Å². The summed E-state index contributed by atoms with van der Waals surface area (Å²) in [6.45, 7) is 0. The first-order valence-electron chi connectivity index (χ1n) is 8.71. The molecule has 3 aromatic carbocycles. The van der Waals surface area contributed by atoms with Crippen LogP contribution >= 0.6 is 0 Å². The van der Waals surface area contributed by atoms with Crippen molar-refractivity contribution in [2.45, 2.75) is 0 Å². The van der Waals surface area contributed by atoms with E-state index in [0.29, 0.717) is 22.4 Å². The Balaban J connectivity index is 1.83. The molecule has 148 valence electrons. The second-order valence-corrected chi connectivity index (χ2v) is 6.27. The van der Waals surface area contributed by atoms with Gasteiger partial charge in [-0.1, -0.05) is 12.1 Å². The second-order valence-electron chi connectivity index (χ2n) is 6.27. The van der Waals surface area contributed by atoms with Gasteiger partial charge in [0.2, 0.25) is 0 Å². The van der Waals surface area contributed by atoms with Crippen LogP contribution in [0.4, 0.5) is 27.5 Å². The molecule has 1 heterocycles. The zero-order chi connectivity index (χ0) is 21.3. The van der Waals surface area contributed by atoms with Crippen molar-refractivity contribution in [3.8, 4) is 0 Å². The summed E-state index contributed by atoms with van der Waals surface area (Å²) in [5.41, 5.74) is 1.68. The molecular formula is C20H13N5O5. The van der Waals surface area contributed by atoms with Gasteiger partial charge in [-0.25, -0.2) is 14.3 Å². The molecule has 1 amide bonds. The van der Waals surface area contributed by atoms with Crippen LogP contribution < -0.4 is 4.90 Å². The molecule has 10 nitrogen and oxygen atoms in total. The van der Waals surface area contributed by atoms with Crippen molar-refractivity contribution < 1.29 is 14.6 Å². The maximum absolute atomic E-state index is 13.4. The third-order valence-corrected chi connectivity index (χ3v) is 4.49. The molecular weight excluding hydrogens is 390 g/mol. The van der Waals surface area contributed by atoms with E-state index in [2.05, 4.69) is 4.98 Å². The number of fused-ring (bicyclic) bond motifs is 1. The minimum Gasteiger partial charge on any atom is -0.262 e. The molecule has 0 fully saturated rings.